The molecule has 0 heterocycles. The van der Waals surface area contributed by atoms with Crippen molar-refractivity contribution in [3.05, 3.63) is 29.6 Å². The molecule has 0 N–H and O–H groups in total. The zero-order valence-corrected chi connectivity index (χ0v) is 11.0. The van der Waals surface area contributed by atoms with Gasteiger partial charge in [-0.15, -0.1) is 0 Å². The molecule has 0 amide bonds. The Hall–Kier alpha value is -1.00. The second-order valence-corrected chi connectivity index (χ2v) is 6.51. The number of hydrogen-bond donors (Lipinski definition) is 0. The molecule has 0 radical (unpaired) electrons. The van der Waals surface area contributed by atoms with Gasteiger partial charge in [-0.1, -0.05) is 0 Å². The highest BCUT2D eigenvalue weighted by atomic mass is 32.2. The predicted octanol–water partition coefficient (Wildman–Crippen LogP) is 0.421. The summed E-state index contributed by atoms with van der Waals surface area (Å²) in [6.45, 7) is 0. The van der Waals surface area contributed by atoms with Crippen LogP contribution in [-0.4, -0.2) is 14.8 Å². The fourth-order valence-electron chi connectivity index (χ4n) is 1.14. The third-order valence-corrected chi connectivity index (χ3v) is 3.83. The van der Waals surface area contributed by atoms with E-state index < -0.39 is 46.5 Å². The predicted molar refractivity (Wildman–Crippen MR) is 52.1 cm³/mol. The van der Waals surface area contributed by atoms with Crippen molar-refractivity contribution in [3.63, 3.8) is 0 Å². The first-order valence-corrected chi connectivity index (χ1v) is 7.74. The molecule has 0 aliphatic carbocycles. The Kier molecular flexibility index (Phi) is 4.62. The molecule has 0 unspecified atom stereocenters. The van der Waals surface area contributed by atoms with Gasteiger partial charge in [0.05, 0.1) is 11.9 Å². The van der Waals surface area contributed by atoms with Crippen LogP contribution in [0.4, 0.5) is 17.6 Å². The Bertz CT molecular complexity index is 649. The molecular formula is C8H5F4O6PS-2. The topological polar surface area (TPSA) is 107 Å². The van der Waals surface area contributed by atoms with Crippen LogP contribution in [0.5, 0.6) is 0 Å². The van der Waals surface area contributed by atoms with Gasteiger partial charge in [-0.3, -0.25) is 4.18 Å². The highest BCUT2D eigenvalue weighted by molar-refractivity contribution is 7.87. The number of halogens is 4. The van der Waals surface area contributed by atoms with Crippen LogP contribution in [0.3, 0.4) is 0 Å². The second-order valence-electron chi connectivity index (χ2n) is 3.45. The standard InChI is InChI=1S/C8H7F4O6PS/c9-5-1-2-7(6(3-5)8(10,11)12)20(16,17)18-4-19(13,14)15/h1-3H,4H2,(H2,13,14,15)/p-2. The number of hydrogen-bond acceptors (Lipinski definition) is 6. The van der Waals surface area contributed by atoms with Gasteiger partial charge in [-0.05, 0) is 25.8 Å². The van der Waals surface area contributed by atoms with Crippen LogP contribution >= 0.6 is 7.60 Å². The summed E-state index contributed by atoms with van der Waals surface area (Å²) in [4.78, 5) is 19.0. The van der Waals surface area contributed by atoms with Crippen LogP contribution in [0.1, 0.15) is 5.56 Å². The minimum atomic E-state index is -5.40. The van der Waals surface area contributed by atoms with Crippen molar-refractivity contribution in [1.29, 1.82) is 0 Å². The fourth-order valence-corrected chi connectivity index (χ4v) is 3.02. The smallest absolute Gasteiger partial charge is 0.417 e. The summed E-state index contributed by atoms with van der Waals surface area (Å²) < 4.78 is 87.3. The van der Waals surface area contributed by atoms with E-state index in [0.29, 0.717) is 6.07 Å². The van der Waals surface area contributed by atoms with Gasteiger partial charge in [0.25, 0.3) is 10.1 Å². The van der Waals surface area contributed by atoms with Crippen LogP contribution in [0.25, 0.3) is 0 Å². The number of benzene rings is 1. The maximum atomic E-state index is 12.8. The molecule has 12 heteroatoms. The normalized spacial score (nSPS) is 13.5. The molecule has 114 valence electrons. The van der Waals surface area contributed by atoms with E-state index in [9.17, 15) is 40.3 Å². The van der Waals surface area contributed by atoms with Crippen LogP contribution in [0, 0.1) is 5.82 Å². The molecule has 0 aromatic heterocycles. The van der Waals surface area contributed by atoms with E-state index in [1.165, 1.54) is 0 Å². The lowest BCUT2D eigenvalue weighted by molar-refractivity contribution is -0.316. The van der Waals surface area contributed by atoms with E-state index in [4.69, 9.17) is 0 Å². The van der Waals surface area contributed by atoms with Crippen LogP contribution in [-0.2, 0) is 25.0 Å². The van der Waals surface area contributed by atoms with Crippen LogP contribution < -0.4 is 9.79 Å². The largest absolute Gasteiger partial charge is 0.809 e. The van der Waals surface area contributed by atoms with E-state index in [-0.39, 0.29) is 12.1 Å². The van der Waals surface area contributed by atoms with E-state index >= 15 is 0 Å². The highest BCUT2D eigenvalue weighted by Gasteiger charge is 2.38. The molecule has 1 aromatic rings. The zero-order chi connectivity index (χ0) is 15.8. The molecule has 0 aliphatic heterocycles. The van der Waals surface area contributed by atoms with E-state index in [0.717, 1.165) is 0 Å². The van der Waals surface area contributed by atoms with Gasteiger partial charge in [-0.25, -0.2) is 4.39 Å². The molecule has 0 atom stereocenters. The van der Waals surface area contributed by atoms with Gasteiger partial charge in [0.2, 0.25) is 0 Å². The molecular weight excluding hydrogens is 331 g/mol. The van der Waals surface area contributed by atoms with Gasteiger partial charge in [-0.2, -0.15) is 21.6 Å². The van der Waals surface area contributed by atoms with Crippen molar-refractivity contribution >= 4 is 17.7 Å². The molecule has 0 bridgehead atoms. The quantitative estimate of drug-likeness (QED) is 0.448. The van der Waals surface area contributed by atoms with Crippen LogP contribution in [0.15, 0.2) is 23.1 Å². The van der Waals surface area contributed by atoms with E-state index in [2.05, 4.69) is 4.18 Å². The lowest BCUT2D eigenvalue weighted by atomic mass is 10.2. The molecule has 0 aliphatic rings. The summed E-state index contributed by atoms with van der Waals surface area (Å²) in [5, 5.41) is 0. The van der Waals surface area contributed by atoms with Crippen molar-refractivity contribution in [1.82, 2.24) is 0 Å². The average Bonchev–Trinajstić information content (AvgIpc) is 2.24. The molecule has 1 rings (SSSR count). The highest BCUT2D eigenvalue weighted by Crippen LogP contribution is 2.36. The van der Waals surface area contributed by atoms with Gasteiger partial charge in [0.15, 0.2) is 0 Å². The third kappa shape index (κ3) is 4.53. The van der Waals surface area contributed by atoms with Crippen molar-refractivity contribution in [3.8, 4) is 0 Å². The molecule has 0 saturated carbocycles. The van der Waals surface area contributed by atoms with Crippen molar-refractivity contribution in [2.24, 2.45) is 0 Å². The third-order valence-electron chi connectivity index (χ3n) is 1.88. The Morgan fingerprint density at radius 3 is 2.25 bits per heavy atom. The molecule has 6 nitrogen and oxygen atoms in total. The molecule has 0 saturated heterocycles. The summed E-state index contributed by atoms with van der Waals surface area (Å²) in [6, 6.07) is 0.581. The Labute approximate surface area is 110 Å². The van der Waals surface area contributed by atoms with Gasteiger partial charge in [0.1, 0.15) is 10.7 Å². The summed E-state index contributed by atoms with van der Waals surface area (Å²) in [5.74, 6) is -1.35. The monoisotopic (exact) mass is 336 g/mol. The van der Waals surface area contributed by atoms with E-state index in [1.807, 2.05) is 0 Å². The van der Waals surface area contributed by atoms with Gasteiger partial charge < -0.3 is 14.4 Å². The first kappa shape index (κ1) is 17.1. The first-order chi connectivity index (χ1) is 8.83. The summed E-state index contributed by atoms with van der Waals surface area (Å²) >= 11 is 0. The number of alkyl halides is 3. The van der Waals surface area contributed by atoms with Crippen molar-refractivity contribution < 1.29 is 44.5 Å². The maximum absolute atomic E-state index is 12.8. The lowest BCUT2D eigenvalue weighted by Crippen LogP contribution is -2.22. The van der Waals surface area contributed by atoms with Gasteiger partial charge >= 0.3 is 6.18 Å². The lowest BCUT2D eigenvalue weighted by Gasteiger charge is -2.28. The summed E-state index contributed by atoms with van der Waals surface area (Å²) in [6.07, 6.45) is -7.06. The zero-order valence-electron chi connectivity index (χ0n) is 9.26. The molecule has 0 fully saturated rings. The van der Waals surface area contributed by atoms with Crippen molar-refractivity contribution in [2.45, 2.75) is 11.1 Å². The second kappa shape index (κ2) is 5.41. The SMILES string of the molecule is O=P([O-])([O-])COS(=O)(=O)c1ccc(F)cc1C(F)(F)F. The summed E-state index contributed by atoms with van der Waals surface area (Å²) in [5.41, 5.74) is -1.87. The average molecular weight is 336 g/mol. The Morgan fingerprint density at radius 2 is 1.80 bits per heavy atom. The molecule has 1 aromatic carbocycles. The Morgan fingerprint density at radius 1 is 1.25 bits per heavy atom. The first-order valence-electron chi connectivity index (χ1n) is 4.60. The Balaban J connectivity index is 3.29. The van der Waals surface area contributed by atoms with Crippen LogP contribution in [0.2, 0.25) is 0 Å². The maximum Gasteiger partial charge on any atom is 0.417 e. The van der Waals surface area contributed by atoms with Crippen molar-refractivity contribution in [2.75, 3.05) is 6.35 Å². The minimum Gasteiger partial charge on any atom is -0.809 e. The molecule has 0 spiro atoms. The summed E-state index contributed by atoms with van der Waals surface area (Å²) in [7, 11) is -10.6. The van der Waals surface area contributed by atoms with E-state index in [1.54, 1.807) is 0 Å². The minimum absolute atomic E-state index is 0.0930. The molecule has 20 heavy (non-hydrogen) atoms. The fraction of sp³-hybridized carbons (Fsp3) is 0.250. The van der Waals surface area contributed by atoms with Gasteiger partial charge in [0, 0.05) is 0 Å². The number of rotatable bonds is 4.